The fourth-order valence-corrected chi connectivity index (χ4v) is 3.74. The van der Waals surface area contributed by atoms with E-state index in [0.29, 0.717) is 19.7 Å². The lowest BCUT2D eigenvalue weighted by Gasteiger charge is -2.33. The number of rotatable bonds is 5. The van der Waals surface area contributed by atoms with E-state index in [1.807, 2.05) is 11.6 Å². The number of fused-ring (bicyclic) bond motifs is 1. The van der Waals surface area contributed by atoms with Gasteiger partial charge in [-0.25, -0.2) is 0 Å². The van der Waals surface area contributed by atoms with Gasteiger partial charge < -0.3 is 4.74 Å². The highest BCUT2D eigenvalue weighted by Gasteiger charge is 2.35. The van der Waals surface area contributed by atoms with Crippen LogP contribution < -0.4 is 0 Å². The lowest BCUT2D eigenvalue weighted by molar-refractivity contribution is 0.157. The Balaban J connectivity index is 2.38. The summed E-state index contributed by atoms with van der Waals surface area (Å²) < 4.78 is 34.5. The Kier molecular flexibility index (Phi) is 4.48. The Labute approximate surface area is 120 Å². The number of aryl methyl sites for hydroxylation is 1. The van der Waals surface area contributed by atoms with Crippen molar-refractivity contribution in [3.8, 4) is 0 Å². The third-order valence-corrected chi connectivity index (χ3v) is 5.43. The summed E-state index contributed by atoms with van der Waals surface area (Å²) in [6, 6.07) is 0. The van der Waals surface area contributed by atoms with Crippen molar-refractivity contribution in [2.45, 2.75) is 25.9 Å². The van der Waals surface area contributed by atoms with Crippen molar-refractivity contribution in [2.24, 2.45) is 0 Å². The molecule has 0 fully saturated rings. The van der Waals surface area contributed by atoms with Crippen molar-refractivity contribution in [2.75, 3.05) is 34.4 Å². The van der Waals surface area contributed by atoms with Crippen molar-refractivity contribution in [3.05, 3.63) is 17.5 Å². The Morgan fingerprint density at radius 3 is 2.75 bits per heavy atom. The van der Waals surface area contributed by atoms with Gasteiger partial charge in [0.25, 0.3) is 10.2 Å². The van der Waals surface area contributed by atoms with E-state index < -0.39 is 10.2 Å². The topological polar surface area (TPSA) is 67.7 Å². The maximum Gasteiger partial charge on any atom is 0.281 e. The molecule has 1 aliphatic rings. The molecule has 2 rings (SSSR count). The molecule has 0 aliphatic carbocycles. The maximum atomic E-state index is 12.3. The van der Waals surface area contributed by atoms with Gasteiger partial charge in [-0.05, 0) is 6.92 Å². The minimum atomic E-state index is -3.42. The van der Waals surface area contributed by atoms with E-state index in [4.69, 9.17) is 4.74 Å². The van der Waals surface area contributed by atoms with Crippen LogP contribution in [0.5, 0.6) is 0 Å². The molecular weight excluding hydrogens is 280 g/mol. The van der Waals surface area contributed by atoms with Crippen LogP contribution >= 0.6 is 0 Å². The van der Waals surface area contributed by atoms with Crippen LogP contribution in [0.25, 0.3) is 0 Å². The van der Waals surface area contributed by atoms with E-state index >= 15 is 0 Å². The summed E-state index contributed by atoms with van der Waals surface area (Å²) in [6.07, 6.45) is 1.76. The fraction of sp³-hybridized carbons (Fsp3) is 0.750. The normalized spacial score (nSPS) is 20.4. The molecule has 0 saturated heterocycles. The summed E-state index contributed by atoms with van der Waals surface area (Å²) in [6.45, 7) is 4.08. The molecular formula is C12H22N4O3S. The van der Waals surface area contributed by atoms with Crippen LogP contribution in [0.3, 0.4) is 0 Å². The summed E-state index contributed by atoms with van der Waals surface area (Å²) in [5, 5.41) is 4.34. The highest BCUT2D eigenvalue weighted by Crippen LogP contribution is 2.30. The largest absolute Gasteiger partial charge is 0.384 e. The second-order valence-corrected chi connectivity index (χ2v) is 7.25. The van der Waals surface area contributed by atoms with Gasteiger partial charge in [-0.3, -0.25) is 4.68 Å². The zero-order valence-electron chi connectivity index (χ0n) is 12.4. The molecule has 8 heteroatoms. The Bertz CT molecular complexity index is 567. The summed E-state index contributed by atoms with van der Waals surface area (Å²) in [5.41, 5.74) is 2.06. The molecule has 0 aromatic carbocycles. The van der Waals surface area contributed by atoms with Crippen molar-refractivity contribution < 1.29 is 13.2 Å². The van der Waals surface area contributed by atoms with E-state index in [1.165, 1.54) is 8.61 Å². The Morgan fingerprint density at radius 2 is 2.20 bits per heavy atom. The molecule has 0 bridgehead atoms. The van der Waals surface area contributed by atoms with Crippen molar-refractivity contribution in [1.29, 1.82) is 0 Å². The number of aromatic nitrogens is 2. The van der Waals surface area contributed by atoms with Gasteiger partial charge in [0.2, 0.25) is 0 Å². The van der Waals surface area contributed by atoms with Crippen LogP contribution in [-0.2, 0) is 28.0 Å². The highest BCUT2D eigenvalue weighted by atomic mass is 32.2. The average molecular weight is 302 g/mol. The van der Waals surface area contributed by atoms with Gasteiger partial charge in [-0.2, -0.15) is 22.1 Å². The Morgan fingerprint density at radius 1 is 1.50 bits per heavy atom. The lowest BCUT2D eigenvalue weighted by atomic mass is 9.98. The van der Waals surface area contributed by atoms with E-state index in [2.05, 4.69) is 5.10 Å². The van der Waals surface area contributed by atoms with E-state index in [9.17, 15) is 8.42 Å². The van der Waals surface area contributed by atoms with Crippen molar-refractivity contribution >= 4 is 10.2 Å². The number of hydrogen-bond donors (Lipinski definition) is 0. The fourth-order valence-electron chi connectivity index (χ4n) is 2.61. The van der Waals surface area contributed by atoms with Gasteiger partial charge in [0.05, 0.1) is 12.8 Å². The maximum absolute atomic E-state index is 12.3. The van der Waals surface area contributed by atoms with Crippen molar-refractivity contribution in [1.82, 2.24) is 18.4 Å². The number of hydrogen-bond acceptors (Lipinski definition) is 4. The molecule has 1 aromatic rings. The molecule has 1 atom stereocenters. The molecule has 0 amide bonds. The summed E-state index contributed by atoms with van der Waals surface area (Å²) in [7, 11) is 1.31. The average Bonchev–Trinajstić information content (AvgIpc) is 2.82. The standard InChI is InChI=1S/C12H22N4O3S/c1-5-16-12-10(6-13-16)7-15(8-11(12)9-19-4)20(17,18)14(2)3/h6,11H,5,7-9H2,1-4H3/t11-/m0/s1. The second-order valence-electron chi connectivity index (χ2n) is 5.11. The lowest BCUT2D eigenvalue weighted by Crippen LogP contribution is -2.45. The summed E-state index contributed by atoms with van der Waals surface area (Å²) in [5.74, 6) is 0.0147. The van der Waals surface area contributed by atoms with Crippen LogP contribution in [0.1, 0.15) is 24.1 Å². The van der Waals surface area contributed by atoms with Gasteiger partial charge in [0, 0.05) is 58.0 Å². The van der Waals surface area contributed by atoms with Gasteiger partial charge in [0.15, 0.2) is 0 Å². The van der Waals surface area contributed by atoms with Crippen molar-refractivity contribution in [3.63, 3.8) is 0 Å². The predicted octanol–water partition coefficient (Wildman–Crippen LogP) is 0.255. The molecule has 0 N–H and O–H groups in total. The molecule has 7 nitrogen and oxygen atoms in total. The third kappa shape index (κ3) is 2.60. The Hall–Kier alpha value is -0.960. The van der Waals surface area contributed by atoms with Gasteiger partial charge in [0.1, 0.15) is 0 Å². The molecule has 0 radical (unpaired) electrons. The van der Waals surface area contributed by atoms with Gasteiger partial charge in [-0.1, -0.05) is 0 Å². The minimum Gasteiger partial charge on any atom is -0.384 e. The molecule has 2 heterocycles. The van der Waals surface area contributed by atoms with Crippen LogP contribution in [0.15, 0.2) is 6.20 Å². The first-order valence-corrected chi connectivity index (χ1v) is 8.02. The first kappa shape index (κ1) is 15.4. The highest BCUT2D eigenvalue weighted by molar-refractivity contribution is 7.86. The minimum absolute atomic E-state index is 0.0147. The molecule has 0 unspecified atom stereocenters. The smallest absolute Gasteiger partial charge is 0.281 e. The zero-order valence-corrected chi connectivity index (χ0v) is 13.2. The van der Waals surface area contributed by atoms with Crippen LogP contribution in [0.4, 0.5) is 0 Å². The molecule has 114 valence electrons. The summed E-state index contributed by atoms with van der Waals surface area (Å²) >= 11 is 0. The molecule has 0 saturated carbocycles. The van der Waals surface area contributed by atoms with Crippen LogP contribution in [0, 0.1) is 0 Å². The van der Waals surface area contributed by atoms with Gasteiger partial charge in [-0.15, -0.1) is 0 Å². The predicted molar refractivity (Wildman–Crippen MR) is 75.5 cm³/mol. The molecule has 20 heavy (non-hydrogen) atoms. The second kappa shape index (κ2) is 5.80. The van der Waals surface area contributed by atoms with E-state index in [1.54, 1.807) is 27.4 Å². The first-order chi connectivity index (χ1) is 9.41. The number of nitrogens with zero attached hydrogens (tertiary/aromatic N) is 4. The van der Waals surface area contributed by atoms with E-state index in [0.717, 1.165) is 17.8 Å². The zero-order chi connectivity index (χ0) is 14.9. The van der Waals surface area contributed by atoms with E-state index in [-0.39, 0.29) is 5.92 Å². The number of ether oxygens (including phenoxy) is 1. The quantitative estimate of drug-likeness (QED) is 0.782. The third-order valence-electron chi connectivity index (χ3n) is 3.57. The molecule has 1 aliphatic heterocycles. The summed E-state index contributed by atoms with van der Waals surface area (Å²) in [4.78, 5) is 0. The molecule has 1 aromatic heterocycles. The van der Waals surface area contributed by atoms with Crippen LogP contribution in [-0.4, -0.2) is 61.2 Å². The molecule has 0 spiro atoms. The first-order valence-electron chi connectivity index (χ1n) is 6.62. The SMILES string of the molecule is CCn1ncc2c1[C@H](COC)CN(S(=O)(=O)N(C)C)C2. The number of methoxy groups -OCH3 is 1. The van der Waals surface area contributed by atoms with Crippen LogP contribution in [0.2, 0.25) is 0 Å². The van der Waals surface area contributed by atoms with Gasteiger partial charge >= 0.3 is 0 Å². The monoisotopic (exact) mass is 302 g/mol.